The van der Waals surface area contributed by atoms with E-state index in [1.54, 1.807) is 31.4 Å². The third kappa shape index (κ3) is 4.17. The lowest BCUT2D eigenvalue weighted by Crippen LogP contribution is -2.11. The van der Waals surface area contributed by atoms with Crippen LogP contribution in [0.4, 0.5) is 0 Å². The summed E-state index contributed by atoms with van der Waals surface area (Å²) in [6.07, 6.45) is 0. The van der Waals surface area contributed by atoms with Crippen molar-refractivity contribution in [1.29, 1.82) is 0 Å². The van der Waals surface area contributed by atoms with Crippen molar-refractivity contribution >= 4 is 22.6 Å². The summed E-state index contributed by atoms with van der Waals surface area (Å²) in [5.41, 5.74) is 2.62. The second-order valence-electron chi connectivity index (χ2n) is 7.58. The van der Waals surface area contributed by atoms with E-state index in [-0.39, 0.29) is 11.3 Å². The lowest BCUT2D eigenvalue weighted by atomic mass is 9.97. The minimum Gasteiger partial charge on any atom is -0.490 e. The zero-order valence-corrected chi connectivity index (χ0v) is 18.4. The van der Waals surface area contributed by atoms with E-state index in [0.29, 0.717) is 45.4 Å². The Balaban J connectivity index is 1.86. The van der Waals surface area contributed by atoms with E-state index in [0.717, 1.165) is 11.1 Å². The van der Waals surface area contributed by atoms with Crippen LogP contribution in [0.2, 0.25) is 5.02 Å². The number of rotatable bonds is 6. The molecule has 0 bridgehead atoms. The molecule has 0 aliphatic heterocycles. The highest BCUT2D eigenvalue weighted by atomic mass is 35.5. The molecule has 0 N–H and O–H groups in total. The number of benzene rings is 3. The van der Waals surface area contributed by atoms with Crippen LogP contribution in [0.15, 0.2) is 75.9 Å². The fourth-order valence-corrected chi connectivity index (χ4v) is 3.70. The molecule has 4 aromatic rings. The van der Waals surface area contributed by atoms with Gasteiger partial charge in [0.15, 0.2) is 11.3 Å². The topological polar surface area (TPSA) is 48.7 Å². The van der Waals surface area contributed by atoms with E-state index in [9.17, 15) is 4.79 Å². The van der Waals surface area contributed by atoms with Crippen LogP contribution in [0.5, 0.6) is 11.5 Å². The molecule has 0 unspecified atom stereocenters. The normalized spacial score (nSPS) is 11.1. The van der Waals surface area contributed by atoms with Gasteiger partial charge in [-0.25, -0.2) is 0 Å². The molecule has 0 spiro atoms. The van der Waals surface area contributed by atoms with Crippen LogP contribution in [0.3, 0.4) is 0 Å². The Morgan fingerprint density at radius 2 is 1.68 bits per heavy atom. The highest BCUT2D eigenvalue weighted by Gasteiger charge is 2.22. The van der Waals surface area contributed by atoms with Gasteiger partial charge in [-0.05, 0) is 35.4 Å². The largest absolute Gasteiger partial charge is 0.490 e. The molecule has 0 fully saturated rings. The molecule has 0 saturated heterocycles. The van der Waals surface area contributed by atoms with Gasteiger partial charge >= 0.3 is 0 Å². The Morgan fingerprint density at radius 3 is 2.32 bits per heavy atom. The van der Waals surface area contributed by atoms with Crippen molar-refractivity contribution in [2.75, 3.05) is 7.11 Å². The van der Waals surface area contributed by atoms with Gasteiger partial charge in [0.25, 0.3) is 0 Å². The molecule has 0 radical (unpaired) electrons. The third-order valence-electron chi connectivity index (χ3n) is 5.10. The first-order valence-electron chi connectivity index (χ1n) is 10.1. The van der Waals surface area contributed by atoms with Gasteiger partial charge in [-0.2, -0.15) is 0 Å². The molecule has 158 valence electrons. The Kier molecular flexibility index (Phi) is 6.01. The highest BCUT2D eigenvalue weighted by molar-refractivity contribution is 6.30. The molecule has 4 nitrogen and oxygen atoms in total. The predicted octanol–water partition coefficient (Wildman–Crippen LogP) is 6.82. The molecular formula is C26H23ClO4. The van der Waals surface area contributed by atoms with Gasteiger partial charge in [0, 0.05) is 10.9 Å². The molecule has 1 heterocycles. The summed E-state index contributed by atoms with van der Waals surface area (Å²) in [5.74, 6) is 1.52. The van der Waals surface area contributed by atoms with Crippen LogP contribution < -0.4 is 14.9 Å². The molecule has 0 amide bonds. The SMILES string of the molecule is COc1c(OCc2ccccc2)ccc2c(=O)c(-c3ccc(Cl)cc3)c(C(C)C)oc12. The van der Waals surface area contributed by atoms with Gasteiger partial charge in [-0.1, -0.05) is 67.9 Å². The number of fused-ring (bicyclic) bond motifs is 1. The first kappa shape index (κ1) is 21.0. The maximum atomic E-state index is 13.5. The molecule has 1 aromatic heterocycles. The van der Waals surface area contributed by atoms with E-state index in [1.165, 1.54) is 0 Å². The molecular weight excluding hydrogens is 412 g/mol. The second-order valence-corrected chi connectivity index (χ2v) is 8.02. The zero-order valence-electron chi connectivity index (χ0n) is 17.6. The van der Waals surface area contributed by atoms with Gasteiger partial charge in [-0.3, -0.25) is 4.79 Å². The quantitative estimate of drug-likeness (QED) is 0.334. The average Bonchev–Trinajstić information content (AvgIpc) is 2.78. The summed E-state index contributed by atoms with van der Waals surface area (Å²) in [5, 5.41) is 1.06. The van der Waals surface area contributed by atoms with Crippen molar-refractivity contribution in [2.24, 2.45) is 0 Å². The van der Waals surface area contributed by atoms with Crippen molar-refractivity contribution in [3.8, 4) is 22.6 Å². The Labute approximate surface area is 186 Å². The van der Waals surface area contributed by atoms with Gasteiger partial charge in [-0.15, -0.1) is 0 Å². The molecule has 0 atom stereocenters. The van der Waals surface area contributed by atoms with E-state index >= 15 is 0 Å². The maximum absolute atomic E-state index is 13.5. The monoisotopic (exact) mass is 434 g/mol. The van der Waals surface area contributed by atoms with Gasteiger partial charge in [0.2, 0.25) is 11.2 Å². The van der Waals surface area contributed by atoms with Gasteiger partial charge < -0.3 is 13.9 Å². The van der Waals surface area contributed by atoms with Crippen LogP contribution in [-0.2, 0) is 6.61 Å². The van der Waals surface area contributed by atoms with Crippen LogP contribution in [0.25, 0.3) is 22.1 Å². The fraction of sp³-hybridized carbons (Fsp3) is 0.192. The molecule has 0 aliphatic carbocycles. The minimum atomic E-state index is -0.111. The van der Waals surface area contributed by atoms with Crippen molar-refractivity contribution in [1.82, 2.24) is 0 Å². The molecule has 0 aliphatic rings. The molecule has 5 heteroatoms. The van der Waals surface area contributed by atoms with Gasteiger partial charge in [0.1, 0.15) is 12.4 Å². The van der Waals surface area contributed by atoms with Crippen molar-refractivity contribution in [2.45, 2.75) is 26.4 Å². The first-order valence-corrected chi connectivity index (χ1v) is 10.5. The summed E-state index contributed by atoms with van der Waals surface area (Å²) < 4.78 is 17.9. The summed E-state index contributed by atoms with van der Waals surface area (Å²) >= 11 is 6.04. The van der Waals surface area contributed by atoms with Crippen molar-refractivity contribution in [3.05, 3.63) is 93.3 Å². The number of ether oxygens (including phenoxy) is 2. The maximum Gasteiger partial charge on any atom is 0.204 e. The number of hydrogen-bond donors (Lipinski definition) is 0. The summed E-state index contributed by atoms with van der Waals surface area (Å²) in [4.78, 5) is 13.5. The standard InChI is InChI=1S/C26H23ClO4/c1-16(2)24-22(18-9-11-19(27)12-10-18)23(28)20-13-14-21(26(29-3)25(20)31-24)30-15-17-7-5-4-6-8-17/h4-14,16H,15H2,1-3H3. The number of methoxy groups -OCH3 is 1. The summed E-state index contributed by atoms with van der Waals surface area (Å²) in [6.45, 7) is 4.37. The van der Waals surface area contributed by atoms with E-state index in [4.69, 9.17) is 25.5 Å². The molecule has 31 heavy (non-hydrogen) atoms. The Hall–Kier alpha value is -3.24. The fourth-order valence-electron chi connectivity index (χ4n) is 3.57. The smallest absolute Gasteiger partial charge is 0.204 e. The van der Waals surface area contributed by atoms with Crippen LogP contribution in [-0.4, -0.2) is 7.11 Å². The van der Waals surface area contributed by atoms with E-state index in [2.05, 4.69) is 0 Å². The van der Waals surface area contributed by atoms with Crippen LogP contribution >= 0.6 is 11.6 Å². The van der Waals surface area contributed by atoms with E-state index < -0.39 is 0 Å². The predicted molar refractivity (Wildman–Crippen MR) is 124 cm³/mol. The van der Waals surface area contributed by atoms with E-state index in [1.807, 2.05) is 56.3 Å². The first-order chi connectivity index (χ1) is 15.0. The van der Waals surface area contributed by atoms with Crippen LogP contribution in [0.1, 0.15) is 31.1 Å². The average molecular weight is 435 g/mol. The number of hydrogen-bond acceptors (Lipinski definition) is 4. The van der Waals surface area contributed by atoms with Gasteiger partial charge in [0.05, 0.1) is 18.1 Å². The Bertz CT molecular complexity index is 1260. The second kappa shape index (κ2) is 8.86. The molecule has 0 saturated carbocycles. The van der Waals surface area contributed by atoms with Crippen LogP contribution in [0, 0.1) is 0 Å². The highest BCUT2D eigenvalue weighted by Crippen LogP contribution is 2.39. The third-order valence-corrected chi connectivity index (χ3v) is 5.36. The molecule has 3 aromatic carbocycles. The summed E-state index contributed by atoms with van der Waals surface area (Å²) in [6, 6.07) is 20.5. The van der Waals surface area contributed by atoms with Crippen molar-refractivity contribution < 1.29 is 13.9 Å². The minimum absolute atomic E-state index is 0.0126. The zero-order chi connectivity index (χ0) is 22.0. The lowest BCUT2D eigenvalue weighted by molar-refractivity contribution is 0.284. The van der Waals surface area contributed by atoms with Crippen molar-refractivity contribution in [3.63, 3.8) is 0 Å². The Morgan fingerprint density at radius 1 is 0.968 bits per heavy atom. The number of halogens is 1. The summed E-state index contributed by atoms with van der Waals surface area (Å²) in [7, 11) is 1.55. The lowest BCUT2D eigenvalue weighted by Gasteiger charge is -2.16. The molecule has 4 rings (SSSR count).